The van der Waals surface area contributed by atoms with E-state index >= 15 is 0 Å². The monoisotopic (exact) mass is 401 g/mol. The molecule has 0 fully saturated rings. The Labute approximate surface area is 173 Å². The normalized spacial score (nSPS) is 10.7. The van der Waals surface area contributed by atoms with Crippen molar-refractivity contribution in [3.8, 4) is 22.9 Å². The van der Waals surface area contributed by atoms with Crippen LogP contribution in [-0.2, 0) is 4.79 Å². The standard InChI is InChI=1S/C23H19N3O2S/c1-16-8-5-6-13-20(16)23-26-25-22(28-23)17-9-7-10-18(14-17)24-21(27)15-29-19-11-3-2-4-12-19/h2-14H,15H2,1H3,(H,24,27). The molecule has 0 aliphatic rings. The summed E-state index contributed by atoms with van der Waals surface area (Å²) in [6, 6.07) is 25.1. The third-order valence-corrected chi connectivity index (χ3v) is 5.32. The van der Waals surface area contributed by atoms with Crippen molar-refractivity contribution >= 4 is 23.4 Å². The van der Waals surface area contributed by atoms with E-state index in [2.05, 4.69) is 15.5 Å². The molecule has 0 bridgehead atoms. The van der Waals surface area contributed by atoms with Crippen LogP contribution in [0.2, 0.25) is 0 Å². The van der Waals surface area contributed by atoms with Crippen molar-refractivity contribution in [1.82, 2.24) is 10.2 Å². The fourth-order valence-corrected chi connectivity index (χ4v) is 3.57. The second-order valence-electron chi connectivity index (χ2n) is 6.46. The number of carbonyl (C=O) groups is 1. The first-order valence-corrected chi connectivity index (χ1v) is 10.2. The second kappa shape index (κ2) is 8.75. The summed E-state index contributed by atoms with van der Waals surface area (Å²) in [6.45, 7) is 2.00. The zero-order chi connectivity index (χ0) is 20.1. The fraction of sp³-hybridized carbons (Fsp3) is 0.0870. The van der Waals surface area contributed by atoms with E-state index in [0.29, 0.717) is 23.2 Å². The highest BCUT2D eigenvalue weighted by Gasteiger charge is 2.13. The van der Waals surface area contributed by atoms with E-state index in [4.69, 9.17) is 4.42 Å². The van der Waals surface area contributed by atoms with Crippen molar-refractivity contribution in [2.45, 2.75) is 11.8 Å². The third-order valence-electron chi connectivity index (χ3n) is 4.31. The molecule has 0 unspecified atom stereocenters. The van der Waals surface area contributed by atoms with Gasteiger partial charge in [0.1, 0.15) is 0 Å². The molecule has 1 N–H and O–H groups in total. The lowest BCUT2D eigenvalue weighted by atomic mass is 10.1. The van der Waals surface area contributed by atoms with Crippen LogP contribution >= 0.6 is 11.8 Å². The van der Waals surface area contributed by atoms with Crippen molar-refractivity contribution in [3.05, 3.63) is 84.4 Å². The summed E-state index contributed by atoms with van der Waals surface area (Å²) in [5.41, 5.74) is 3.43. The Bertz CT molecular complexity index is 1130. The molecule has 144 valence electrons. The highest BCUT2D eigenvalue weighted by atomic mass is 32.2. The number of nitrogens with zero attached hydrogens (tertiary/aromatic N) is 2. The summed E-state index contributed by atoms with van der Waals surface area (Å²) in [7, 11) is 0. The number of carbonyl (C=O) groups excluding carboxylic acids is 1. The van der Waals surface area contributed by atoms with Crippen LogP contribution in [0, 0.1) is 6.92 Å². The average Bonchev–Trinajstić information content (AvgIpc) is 3.24. The van der Waals surface area contributed by atoms with Gasteiger partial charge in [-0.05, 0) is 48.9 Å². The molecule has 0 aliphatic heterocycles. The van der Waals surface area contributed by atoms with Crippen LogP contribution in [0.4, 0.5) is 5.69 Å². The molecule has 29 heavy (non-hydrogen) atoms. The van der Waals surface area contributed by atoms with Gasteiger partial charge in [0, 0.05) is 21.7 Å². The van der Waals surface area contributed by atoms with E-state index in [0.717, 1.165) is 21.6 Å². The average molecular weight is 401 g/mol. The molecule has 0 aliphatic carbocycles. The maximum atomic E-state index is 12.3. The number of hydrogen-bond donors (Lipinski definition) is 1. The number of anilines is 1. The van der Waals surface area contributed by atoms with Gasteiger partial charge in [0.25, 0.3) is 0 Å². The number of aryl methyl sites for hydroxylation is 1. The topological polar surface area (TPSA) is 68.0 Å². The lowest BCUT2D eigenvalue weighted by Crippen LogP contribution is -2.13. The summed E-state index contributed by atoms with van der Waals surface area (Å²) in [5.74, 6) is 1.17. The van der Waals surface area contributed by atoms with Gasteiger partial charge in [-0.2, -0.15) is 0 Å². The molecular formula is C23H19N3O2S. The molecule has 0 spiro atoms. The predicted octanol–water partition coefficient (Wildman–Crippen LogP) is 5.44. The van der Waals surface area contributed by atoms with Crippen molar-refractivity contribution in [2.75, 3.05) is 11.1 Å². The van der Waals surface area contributed by atoms with Gasteiger partial charge in [-0.1, -0.05) is 42.5 Å². The number of hydrogen-bond acceptors (Lipinski definition) is 5. The van der Waals surface area contributed by atoms with Crippen LogP contribution in [0.25, 0.3) is 22.9 Å². The second-order valence-corrected chi connectivity index (χ2v) is 7.51. The lowest BCUT2D eigenvalue weighted by Gasteiger charge is -2.06. The number of benzene rings is 3. The molecule has 4 aromatic rings. The Hall–Kier alpha value is -3.38. The number of thioether (sulfide) groups is 1. The van der Waals surface area contributed by atoms with Gasteiger partial charge in [-0.3, -0.25) is 4.79 Å². The van der Waals surface area contributed by atoms with Gasteiger partial charge in [0.15, 0.2) is 0 Å². The highest BCUT2D eigenvalue weighted by Crippen LogP contribution is 2.27. The summed E-state index contributed by atoms with van der Waals surface area (Å²) in [6.07, 6.45) is 0. The van der Waals surface area contributed by atoms with E-state index in [1.165, 1.54) is 11.8 Å². The minimum atomic E-state index is -0.0675. The maximum absolute atomic E-state index is 12.3. The van der Waals surface area contributed by atoms with Gasteiger partial charge in [-0.15, -0.1) is 22.0 Å². The Kier molecular flexibility index (Phi) is 5.72. The summed E-state index contributed by atoms with van der Waals surface area (Å²) in [5, 5.41) is 11.3. The van der Waals surface area contributed by atoms with Gasteiger partial charge >= 0.3 is 0 Å². The SMILES string of the molecule is Cc1ccccc1-c1nnc(-c2cccc(NC(=O)CSc3ccccc3)c2)o1. The highest BCUT2D eigenvalue weighted by molar-refractivity contribution is 8.00. The van der Waals surface area contributed by atoms with E-state index in [9.17, 15) is 4.79 Å². The number of nitrogens with one attached hydrogen (secondary N) is 1. The molecule has 1 aromatic heterocycles. The zero-order valence-corrected chi connectivity index (χ0v) is 16.6. The smallest absolute Gasteiger partial charge is 0.248 e. The van der Waals surface area contributed by atoms with Crippen LogP contribution in [0.1, 0.15) is 5.56 Å². The fourth-order valence-electron chi connectivity index (χ4n) is 2.85. The van der Waals surface area contributed by atoms with Gasteiger partial charge in [0.05, 0.1) is 5.75 Å². The summed E-state index contributed by atoms with van der Waals surface area (Å²) < 4.78 is 5.86. The molecule has 1 amide bonds. The minimum Gasteiger partial charge on any atom is -0.416 e. The molecule has 1 heterocycles. The molecule has 3 aromatic carbocycles. The van der Waals surface area contributed by atoms with Crippen molar-refractivity contribution in [3.63, 3.8) is 0 Å². The Morgan fingerprint density at radius 1 is 0.931 bits per heavy atom. The molecule has 6 heteroatoms. The molecule has 0 saturated carbocycles. The van der Waals surface area contributed by atoms with Crippen LogP contribution in [-0.4, -0.2) is 21.9 Å². The first kappa shape index (κ1) is 19.0. The van der Waals surface area contributed by atoms with E-state index in [1.54, 1.807) is 0 Å². The molecule has 5 nitrogen and oxygen atoms in total. The summed E-state index contributed by atoms with van der Waals surface area (Å²) >= 11 is 1.50. The number of aromatic nitrogens is 2. The van der Waals surface area contributed by atoms with Crippen molar-refractivity contribution < 1.29 is 9.21 Å². The predicted molar refractivity (Wildman–Crippen MR) is 116 cm³/mol. The van der Waals surface area contributed by atoms with Gasteiger partial charge < -0.3 is 9.73 Å². The van der Waals surface area contributed by atoms with Crippen LogP contribution in [0.3, 0.4) is 0 Å². The van der Waals surface area contributed by atoms with Crippen molar-refractivity contribution in [1.29, 1.82) is 0 Å². The first-order valence-electron chi connectivity index (χ1n) is 9.17. The van der Waals surface area contributed by atoms with Crippen molar-refractivity contribution in [2.24, 2.45) is 0 Å². The Morgan fingerprint density at radius 2 is 1.69 bits per heavy atom. The Balaban J connectivity index is 1.45. The molecule has 0 saturated heterocycles. The largest absolute Gasteiger partial charge is 0.416 e. The third kappa shape index (κ3) is 4.73. The van der Waals surface area contributed by atoms with E-state index in [-0.39, 0.29) is 5.91 Å². The molecular weight excluding hydrogens is 382 g/mol. The van der Waals surface area contributed by atoms with Crippen LogP contribution < -0.4 is 5.32 Å². The molecule has 4 rings (SSSR count). The number of amides is 1. The molecule has 0 radical (unpaired) electrons. The summed E-state index contributed by atoms with van der Waals surface area (Å²) in [4.78, 5) is 13.3. The van der Waals surface area contributed by atoms with Gasteiger partial charge in [-0.25, -0.2) is 0 Å². The van der Waals surface area contributed by atoms with E-state index in [1.807, 2.05) is 85.8 Å². The van der Waals surface area contributed by atoms with Crippen LogP contribution in [0.15, 0.2) is 88.2 Å². The van der Waals surface area contributed by atoms with E-state index < -0.39 is 0 Å². The van der Waals surface area contributed by atoms with Gasteiger partial charge in [0.2, 0.25) is 17.7 Å². The minimum absolute atomic E-state index is 0.0675. The maximum Gasteiger partial charge on any atom is 0.248 e. The Morgan fingerprint density at radius 3 is 2.52 bits per heavy atom. The first-order chi connectivity index (χ1) is 14.2. The molecule has 0 atom stereocenters. The lowest BCUT2D eigenvalue weighted by molar-refractivity contribution is -0.113. The number of rotatable bonds is 6. The zero-order valence-electron chi connectivity index (χ0n) is 15.8. The van der Waals surface area contributed by atoms with Crippen LogP contribution in [0.5, 0.6) is 0 Å². The quantitative estimate of drug-likeness (QED) is 0.436.